The minimum Gasteiger partial charge on any atom is -0.458 e. The molecule has 3 aliphatic rings. The molecule has 3 saturated heterocycles. The lowest BCUT2D eigenvalue weighted by molar-refractivity contribution is -0.295. The normalized spacial score (nSPS) is 37.1. The molecule has 0 spiro atoms. The first-order chi connectivity index (χ1) is 27.1. The van der Waals surface area contributed by atoms with E-state index in [1.54, 1.807) is 53.7 Å². The number of nitrogens with zero attached hydrogens (tertiary/aromatic N) is 4. The molecule has 13 atom stereocenters. The number of benzene rings is 1. The highest BCUT2D eigenvalue weighted by Crippen LogP contribution is 2.43. The zero-order chi connectivity index (χ0) is 43.1. The van der Waals surface area contributed by atoms with Crippen LogP contribution in [-0.2, 0) is 48.1 Å². The summed E-state index contributed by atoms with van der Waals surface area (Å²) in [7, 11) is 1.02. The molecule has 17 nitrogen and oxygen atoms in total. The van der Waals surface area contributed by atoms with Crippen LogP contribution >= 0.6 is 11.7 Å². The number of ether oxygens (including phenoxy) is 5. The van der Waals surface area contributed by atoms with Crippen molar-refractivity contribution in [2.45, 2.75) is 134 Å². The van der Waals surface area contributed by atoms with Crippen molar-refractivity contribution in [1.82, 2.24) is 23.3 Å². The first-order valence-corrected chi connectivity index (χ1v) is 22.0. The molecular formula is C39H59N5O12S2. The number of amides is 1. The number of sulfonamides is 1. The van der Waals surface area contributed by atoms with E-state index in [1.807, 2.05) is 25.9 Å². The van der Waals surface area contributed by atoms with E-state index in [-0.39, 0.29) is 54.3 Å². The van der Waals surface area contributed by atoms with Gasteiger partial charge in [0.15, 0.2) is 17.7 Å². The van der Waals surface area contributed by atoms with Crippen molar-refractivity contribution in [3.8, 4) is 0 Å². The van der Waals surface area contributed by atoms with Gasteiger partial charge in [-0.3, -0.25) is 19.3 Å². The Hall–Kier alpha value is -3.17. The average molecular weight is 854 g/mol. The summed E-state index contributed by atoms with van der Waals surface area (Å²) in [5.74, 6) is -5.68. The van der Waals surface area contributed by atoms with Crippen LogP contribution in [0.2, 0.25) is 0 Å². The molecular weight excluding hydrogens is 795 g/mol. The minimum atomic E-state index is -4.11. The number of esters is 1. The first kappa shape index (κ1) is 45.9. The van der Waals surface area contributed by atoms with E-state index < -0.39 is 93.4 Å². The summed E-state index contributed by atoms with van der Waals surface area (Å²) in [6.07, 6.45) is -4.87. The molecule has 324 valence electrons. The molecule has 0 radical (unpaired) electrons. The molecule has 4 heterocycles. The van der Waals surface area contributed by atoms with E-state index in [4.69, 9.17) is 23.7 Å². The maximum atomic E-state index is 14.7. The Morgan fingerprint density at radius 2 is 1.74 bits per heavy atom. The van der Waals surface area contributed by atoms with Crippen LogP contribution in [0, 0.1) is 23.7 Å². The van der Waals surface area contributed by atoms with Crippen LogP contribution in [0.3, 0.4) is 0 Å². The molecule has 2 aromatic rings. The van der Waals surface area contributed by atoms with E-state index in [9.17, 15) is 32.7 Å². The number of cyclic esters (lactones) is 1. The van der Waals surface area contributed by atoms with Gasteiger partial charge in [-0.1, -0.05) is 33.8 Å². The van der Waals surface area contributed by atoms with Gasteiger partial charge in [0, 0.05) is 44.0 Å². The maximum Gasteiger partial charge on any atom is 0.410 e. The van der Waals surface area contributed by atoms with Crippen LogP contribution in [0.15, 0.2) is 23.1 Å². The topological polar surface area (TPSA) is 213 Å². The molecule has 5 rings (SSSR count). The molecule has 19 heteroatoms. The third kappa shape index (κ3) is 8.82. The van der Waals surface area contributed by atoms with E-state index in [2.05, 4.69) is 13.5 Å². The summed E-state index contributed by atoms with van der Waals surface area (Å²) < 4.78 is 68.6. The number of carbonyl (C=O) groups is 4. The van der Waals surface area contributed by atoms with Crippen LogP contribution in [0.25, 0.3) is 11.0 Å². The number of aliphatic hydroxyl groups is 1. The smallest absolute Gasteiger partial charge is 0.410 e. The quantitative estimate of drug-likeness (QED) is 0.260. The van der Waals surface area contributed by atoms with Gasteiger partial charge in [0.1, 0.15) is 39.8 Å². The highest BCUT2D eigenvalue weighted by Gasteiger charge is 2.60. The van der Waals surface area contributed by atoms with E-state index in [0.717, 1.165) is 11.7 Å². The second-order valence-corrected chi connectivity index (χ2v) is 18.9. The Balaban J connectivity index is 1.50. The number of aromatic nitrogens is 2. The predicted molar refractivity (Wildman–Crippen MR) is 212 cm³/mol. The Labute approximate surface area is 344 Å². The number of fused-ring (bicyclic) bond motifs is 2. The molecule has 3 aliphatic heterocycles. The van der Waals surface area contributed by atoms with Crippen molar-refractivity contribution in [3.05, 3.63) is 18.2 Å². The average Bonchev–Trinajstić information content (AvgIpc) is 3.76. The van der Waals surface area contributed by atoms with E-state index >= 15 is 0 Å². The number of methoxy groups -OCH3 is 1. The monoisotopic (exact) mass is 853 g/mol. The Morgan fingerprint density at radius 1 is 1.05 bits per heavy atom. The van der Waals surface area contributed by atoms with Crippen molar-refractivity contribution in [2.75, 3.05) is 34.3 Å². The summed E-state index contributed by atoms with van der Waals surface area (Å²) in [5.41, 5.74) is -2.29. The minimum absolute atomic E-state index is 0.0372. The fraction of sp³-hybridized carbons (Fsp3) is 0.744. The number of Topliss-reactive ketones (excluding diaryl/α,β-unsaturated/α-hetero) is 2. The number of aliphatic hydroxyl groups excluding tert-OH is 1. The molecule has 0 aliphatic carbocycles. The number of hydrogen-bond donors (Lipinski definition) is 2. The Kier molecular flexibility index (Phi) is 14.1. The largest absolute Gasteiger partial charge is 0.458 e. The zero-order valence-corrected chi connectivity index (χ0v) is 36.8. The number of nitrogens with one attached hydrogen (secondary N) is 1. The third-order valence-corrected chi connectivity index (χ3v) is 14.4. The van der Waals surface area contributed by atoms with Gasteiger partial charge in [-0.25, -0.2) is 17.9 Å². The van der Waals surface area contributed by atoms with Gasteiger partial charge in [-0.05, 0) is 73.2 Å². The maximum absolute atomic E-state index is 14.7. The standard InChI is InChI=1S/C39H59N5O12S2/c1-12-28-39(8)33(44(37(49)56-39)17-16-40-58(50,51)27-15-13-14-25-29(27)42-57-41-25)22(4)30(45)20(2)19-38(7,52-11)34(23(5)31(46)24(6)35(48)54-28)55-36-32(47)26(43(9)10)18-21(3)53-36/h13-15,20-24,26,28,32-34,36,40,47H,12,16-19H2,1-11H3/t20-,21-,22-,23-,24-,26+,28+,32-,33+,34-,36+,38-,39-/m1/s1. The van der Waals surface area contributed by atoms with Crippen molar-refractivity contribution in [2.24, 2.45) is 23.7 Å². The molecule has 0 unspecified atom stereocenters. The van der Waals surface area contributed by atoms with E-state index in [1.165, 1.54) is 25.0 Å². The number of carbonyl (C=O) groups excluding carboxylic acids is 4. The molecule has 1 aromatic carbocycles. The fourth-order valence-electron chi connectivity index (χ4n) is 9.09. The fourth-order valence-corrected chi connectivity index (χ4v) is 10.9. The lowest BCUT2D eigenvalue weighted by Crippen LogP contribution is -2.60. The van der Waals surface area contributed by atoms with E-state index in [0.29, 0.717) is 11.9 Å². The summed E-state index contributed by atoms with van der Waals surface area (Å²) in [6.45, 7) is 12.9. The third-order valence-electron chi connectivity index (χ3n) is 12.3. The Morgan fingerprint density at radius 3 is 2.38 bits per heavy atom. The lowest BCUT2D eigenvalue weighted by Gasteiger charge is -2.47. The van der Waals surface area contributed by atoms with Gasteiger partial charge >= 0.3 is 12.1 Å². The van der Waals surface area contributed by atoms with Crippen LogP contribution in [0.5, 0.6) is 0 Å². The number of hydrogen-bond acceptors (Lipinski definition) is 16. The van der Waals surface area contributed by atoms with Crippen LogP contribution in [0.1, 0.15) is 74.7 Å². The van der Waals surface area contributed by atoms with Gasteiger partial charge in [-0.15, -0.1) is 0 Å². The molecule has 0 bridgehead atoms. The predicted octanol–water partition coefficient (Wildman–Crippen LogP) is 3.17. The van der Waals surface area contributed by atoms with Crippen LogP contribution in [0.4, 0.5) is 4.79 Å². The molecule has 1 aromatic heterocycles. The van der Waals surface area contributed by atoms with Crippen LogP contribution < -0.4 is 4.72 Å². The number of likely N-dealkylation sites (N-methyl/N-ethyl adjacent to an activating group) is 1. The number of rotatable bonds is 10. The van der Waals surface area contributed by atoms with Gasteiger partial charge in [-0.2, -0.15) is 8.75 Å². The molecule has 0 saturated carbocycles. The molecule has 1 amide bonds. The summed E-state index contributed by atoms with van der Waals surface area (Å²) in [5, 5.41) is 11.4. The van der Waals surface area contributed by atoms with Gasteiger partial charge < -0.3 is 33.7 Å². The Bertz CT molecular complexity index is 1950. The molecule has 58 heavy (non-hydrogen) atoms. The number of ketones is 2. The SMILES string of the molecule is CC[C@@H]1OC(=O)[C@H](C)C(=O)[C@@H](C)[C@@H](O[C@@H]2O[C@H](C)C[C@H](N(C)C)[C@H]2O)[C@](C)(OC)C[C@@H](C)C(=O)[C@@H](C)[C@@H]2N(CCNS(=O)(=O)c3cccc4nsnc34)C(=O)O[C@]12C. The zero-order valence-electron chi connectivity index (χ0n) is 35.2. The molecule has 3 fully saturated rings. The van der Waals surface area contributed by atoms with Gasteiger partial charge in [0.05, 0.1) is 35.6 Å². The van der Waals surface area contributed by atoms with Crippen molar-refractivity contribution in [3.63, 3.8) is 0 Å². The van der Waals surface area contributed by atoms with Crippen molar-refractivity contribution < 1.29 is 56.4 Å². The summed E-state index contributed by atoms with van der Waals surface area (Å²) in [6, 6.07) is 3.27. The van der Waals surface area contributed by atoms with Crippen LogP contribution in [-0.4, -0.2) is 144 Å². The summed E-state index contributed by atoms with van der Waals surface area (Å²) >= 11 is 0.885. The second-order valence-electron chi connectivity index (χ2n) is 16.7. The van der Waals surface area contributed by atoms with Crippen molar-refractivity contribution >= 4 is 56.4 Å². The highest BCUT2D eigenvalue weighted by molar-refractivity contribution is 7.89. The van der Waals surface area contributed by atoms with Gasteiger partial charge in [0.25, 0.3) is 0 Å². The first-order valence-electron chi connectivity index (χ1n) is 19.8. The lowest BCUT2D eigenvalue weighted by atomic mass is 9.73. The highest BCUT2D eigenvalue weighted by atomic mass is 32.2. The van der Waals surface area contributed by atoms with Gasteiger partial charge in [0.2, 0.25) is 10.0 Å². The summed E-state index contributed by atoms with van der Waals surface area (Å²) in [4.78, 5) is 59.8. The molecule has 2 N–H and O–H groups in total. The second kappa shape index (κ2) is 17.8. The van der Waals surface area contributed by atoms with Crippen molar-refractivity contribution in [1.29, 1.82) is 0 Å².